The van der Waals surface area contributed by atoms with E-state index in [1.807, 2.05) is 6.92 Å². The molecule has 0 saturated carbocycles. The van der Waals surface area contributed by atoms with Crippen molar-refractivity contribution in [1.29, 1.82) is 0 Å². The fourth-order valence-corrected chi connectivity index (χ4v) is 4.41. The van der Waals surface area contributed by atoms with Crippen molar-refractivity contribution in [2.75, 3.05) is 33.0 Å². The van der Waals surface area contributed by atoms with Crippen molar-refractivity contribution in [3.05, 3.63) is 29.3 Å². The summed E-state index contributed by atoms with van der Waals surface area (Å²) in [6.45, 7) is 4.52. The number of ether oxygens (including phenoxy) is 2. The van der Waals surface area contributed by atoms with Crippen LogP contribution in [0, 0.1) is 0 Å². The van der Waals surface area contributed by atoms with Crippen molar-refractivity contribution in [3.63, 3.8) is 0 Å². The molecule has 0 radical (unpaired) electrons. The average Bonchev–Trinajstić information content (AvgIpc) is 3.11. The van der Waals surface area contributed by atoms with E-state index < -0.39 is 10.0 Å². The van der Waals surface area contributed by atoms with Crippen LogP contribution in [0.1, 0.15) is 24.5 Å². The minimum Gasteiger partial charge on any atom is -0.380 e. The van der Waals surface area contributed by atoms with Gasteiger partial charge >= 0.3 is 0 Å². The van der Waals surface area contributed by atoms with Gasteiger partial charge in [-0.25, -0.2) is 13.1 Å². The summed E-state index contributed by atoms with van der Waals surface area (Å²) < 4.78 is 38.1. The van der Waals surface area contributed by atoms with Crippen LogP contribution in [0.5, 0.6) is 0 Å². The first-order valence-corrected chi connectivity index (χ1v) is 10.1. The first-order chi connectivity index (χ1) is 12.0. The maximum Gasteiger partial charge on any atom is 0.248 e. The number of fused-ring (bicyclic) bond motifs is 1. The summed E-state index contributed by atoms with van der Waals surface area (Å²) in [4.78, 5) is 14.1. The molecular formula is C17H24N2O5S. The lowest BCUT2D eigenvalue weighted by Crippen LogP contribution is -2.38. The van der Waals surface area contributed by atoms with Gasteiger partial charge in [0.05, 0.1) is 11.5 Å². The van der Waals surface area contributed by atoms with Gasteiger partial charge in [-0.3, -0.25) is 4.79 Å². The molecule has 7 nitrogen and oxygen atoms in total. The number of nitrogens with zero attached hydrogens (tertiary/aromatic N) is 1. The van der Waals surface area contributed by atoms with Crippen LogP contribution < -0.4 is 4.72 Å². The van der Waals surface area contributed by atoms with Crippen molar-refractivity contribution >= 4 is 15.9 Å². The topological polar surface area (TPSA) is 84.9 Å². The molecule has 2 aliphatic rings. The summed E-state index contributed by atoms with van der Waals surface area (Å²) in [5.74, 6) is -0.0351. The van der Waals surface area contributed by atoms with Gasteiger partial charge < -0.3 is 14.4 Å². The lowest BCUT2D eigenvalue weighted by molar-refractivity contribution is -0.136. The monoisotopic (exact) mass is 368 g/mol. The molecule has 3 rings (SSSR count). The number of hydrogen-bond acceptors (Lipinski definition) is 5. The maximum atomic E-state index is 12.5. The molecule has 1 fully saturated rings. The van der Waals surface area contributed by atoms with Gasteiger partial charge in [0.1, 0.15) is 6.61 Å². The molecule has 1 unspecified atom stereocenters. The fourth-order valence-electron chi connectivity index (χ4n) is 3.10. The Morgan fingerprint density at radius 1 is 1.40 bits per heavy atom. The fraction of sp³-hybridized carbons (Fsp3) is 0.588. The lowest BCUT2D eigenvalue weighted by Gasteiger charge is -2.29. The Labute approximate surface area is 148 Å². The molecule has 8 heteroatoms. The van der Waals surface area contributed by atoms with E-state index in [4.69, 9.17) is 9.47 Å². The first kappa shape index (κ1) is 18.3. The molecule has 1 aromatic rings. The Morgan fingerprint density at radius 2 is 2.24 bits per heavy atom. The summed E-state index contributed by atoms with van der Waals surface area (Å²) in [6.07, 6.45) is 1.34. The molecule has 1 atom stereocenters. The molecule has 0 spiro atoms. The van der Waals surface area contributed by atoms with Gasteiger partial charge in [-0.1, -0.05) is 6.07 Å². The van der Waals surface area contributed by atoms with E-state index in [1.54, 1.807) is 23.1 Å². The summed E-state index contributed by atoms with van der Waals surface area (Å²) in [5, 5.41) is 0. The van der Waals surface area contributed by atoms with Crippen LogP contribution in [0.3, 0.4) is 0 Å². The summed E-state index contributed by atoms with van der Waals surface area (Å²) in [5.41, 5.74) is 1.96. The number of benzene rings is 1. The number of nitrogens with one attached hydrogen (secondary N) is 1. The predicted molar refractivity (Wildman–Crippen MR) is 91.6 cm³/mol. The molecule has 0 aliphatic carbocycles. The van der Waals surface area contributed by atoms with Crippen LogP contribution in [0.4, 0.5) is 0 Å². The average molecular weight is 368 g/mol. The van der Waals surface area contributed by atoms with Crippen LogP contribution in [-0.4, -0.2) is 58.2 Å². The number of amides is 1. The number of carbonyl (C=O) groups is 1. The highest BCUT2D eigenvalue weighted by Crippen LogP contribution is 2.23. The smallest absolute Gasteiger partial charge is 0.248 e. The highest BCUT2D eigenvalue weighted by Gasteiger charge is 2.26. The molecule has 138 valence electrons. The zero-order valence-electron chi connectivity index (χ0n) is 14.4. The molecule has 1 saturated heterocycles. The normalized spacial score (nSPS) is 20.5. The number of rotatable bonds is 6. The van der Waals surface area contributed by atoms with Crippen molar-refractivity contribution in [3.8, 4) is 0 Å². The van der Waals surface area contributed by atoms with Gasteiger partial charge in [-0.2, -0.15) is 0 Å². The third kappa shape index (κ3) is 4.38. The van der Waals surface area contributed by atoms with Gasteiger partial charge in [0.15, 0.2) is 0 Å². The van der Waals surface area contributed by atoms with E-state index in [9.17, 15) is 13.2 Å². The summed E-state index contributed by atoms with van der Waals surface area (Å²) in [7, 11) is -3.55. The van der Waals surface area contributed by atoms with E-state index in [1.165, 1.54) is 0 Å². The molecule has 2 aliphatic heterocycles. The Balaban J connectivity index is 1.70. The van der Waals surface area contributed by atoms with Crippen LogP contribution in [0.2, 0.25) is 0 Å². The maximum absolute atomic E-state index is 12.5. The third-order valence-corrected chi connectivity index (χ3v) is 6.05. The largest absolute Gasteiger partial charge is 0.380 e. The Kier molecular flexibility index (Phi) is 5.73. The zero-order valence-corrected chi connectivity index (χ0v) is 15.2. The van der Waals surface area contributed by atoms with Crippen molar-refractivity contribution in [1.82, 2.24) is 9.62 Å². The van der Waals surface area contributed by atoms with Crippen molar-refractivity contribution in [2.24, 2.45) is 0 Å². The molecule has 1 amide bonds. The molecule has 1 aromatic carbocycles. The van der Waals surface area contributed by atoms with Crippen molar-refractivity contribution < 1.29 is 22.7 Å². The molecule has 25 heavy (non-hydrogen) atoms. The third-order valence-electron chi connectivity index (χ3n) is 4.53. The van der Waals surface area contributed by atoms with Gasteiger partial charge in [0.25, 0.3) is 0 Å². The first-order valence-electron chi connectivity index (χ1n) is 8.57. The SMILES string of the molecule is CCOCC(=O)N1CCc2cc(S(=O)(=O)NC3CCOC3)ccc2C1. The van der Waals surface area contributed by atoms with E-state index in [-0.39, 0.29) is 23.5 Å². The highest BCUT2D eigenvalue weighted by atomic mass is 32.2. The van der Waals surface area contributed by atoms with E-state index in [0.29, 0.717) is 45.8 Å². The van der Waals surface area contributed by atoms with Gasteiger partial charge in [-0.15, -0.1) is 0 Å². The van der Waals surface area contributed by atoms with E-state index >= 15 is 0 Å². The van der Waals surface area contributed by atoms with Gasteiger partial charge in [0, 0.05) is 32.3 Å². The van der Waals surface area contributed by atoms with Crippen LogP contribution in [-0.2, 0) is 37.3 Å². The second-order valence-corrected chi connectivity index (χ2v) is 8.03. The minimum atomic E-state index is -3.55. The second-order valence-electron chi connectivity index (χ2n) is 6.31. The molecule has 2 heterocycles. The summed E-state index contributed by atoms with van der Waals surface area (Å²) in [6, 6.07) is 4.97. The van der Waals surface area contributed by atoms with Crippen LogP contribution in [0.25, 0.3) is 0 Å². The van der Waals surface area contributed by atoms with Crippen molar-refractivity contribution in [2.45, 2.75) is 37.2 Å². The van der Waals surface area contributed by atoms with Crippen LogP contribution in [0.15, 0.2) is 23.1 Å². The standard InChI is InChI=1S/C17H24N2O5S/c1-2-23-12-17(20)19-7-5-13-9-16(4-3-14(13)10-19)25(21,22)18-15-6-8-24-11-15/h3-4,9,15,18H,2,5-8,10-12H2,1H3. The Hall–Kier alpha value is -1.48. The zero-order chi connectivity index (χ0) is 17.9. The summed E-state index contributed by atoms with van der Waals surface area (Å²) >= 11 is 0. The van der Waals surface area contributed by atoms with Gasteiger partial charge in [0.2, 0.25) is 15.9 Å². The second kappa shape index (κ2) is 7.82. The Bertz CT molecular complexity index is 729. The van der Waals surface area contributed by atoms with Crippen LogP contribution >= 0.6 is 0 Å². The quantitative estimate of drug-likeness (QED) is 0.798. The number of carbonyl (C=O) groups excluding carboxylic acids is 1. The highest BCUT2D eigenvalue weighted by molar-refractivity contribution is 7.89. The Morgan fingerprint density at radius 3 is 2.96 bits per heavy atom. The molecule has 1 N–H and O–H groups in total. The molecule has 0 aromatic heterocycles. The molecular weight excluding hydrogens is 344 g/mol. The van der Waals surface area contributed by atoms with E-state index in [0.717, 1.165) is 11.1 Å². The lowest BCUT2D eigenvalue weighted by atomic mass is 10.00. The molecule has 0 bridgehead atoms. The predicted octanol–water partition coefficient (Wildman–Crippen LogP) is 0.675. The minimum absolute atomic E-state index is 0.0351. The van der Waals surface area contributed by atoms with Gasteiger partial charge in [-0.05, 0) is 43.0 Å². The number of sulfonamides is 1. The van der Waals surface area contributed by atoms with E-state index in [2.05, 4.69) is 4.72 Å². The number of hydrogen-bond donors (Lipinski definition) is 1.